The molecule has 1 heterocycles. The number of nitrogens with one attached hydrogen (secondary N) is 1. The van der Waals surface area contributed by atoms with Gasteiger partial charge in [0.15, 0.2) is 5.75 Å². The number of para-hydroxylation sites is 2. The summed E-state index contributed by atoms with van der Waals surface area (Å²) in [6.07, 6.45) is 12.6. The molecule has 4 saturated carbocycles. The van der Waals surface area contributed by atoms with Crippen molar-refractivity contribution in [3.63, 3.8) is 0 Å². The first-order chi connectivity index (χ1) is 17.9. The lowest BCUT2D eigenvalue weighted by Crippen LogP contribution is -2.52. The molecule has 0 atom stereocenters. The monoisotopic (exact) mass is 499 g/mol. The second kappa shape index (κ2) is 9.97. The van der Waals surface area contributed by atoms with Gasteiger partial charge in [-0.25, -0.2) is 4.79 Å². The number of carbonyl (C=O) groups is 2. The molecule has 2 aromatic carbocycles. The molecule has 1 aliphatic heterocycles. The highest BCUT2D eigenvalue weighted by Crippen LogP contribution is 2.60. The molecule has 0 radical (unpaired) electrons. The van der Waals surface area contributed by atoms with Crippen LogP contribution in [-0.2, 0) is 0 Å². The standard InChI is InChI=1S/C31H37N3O3/c32-30(36)37-28-4-2-1-3-27(28)33-29(35)26-7-5-21(6-8-26)13-22-9-11-34(12-10-22)20-31-17-23-14-24(18-31)16-25(15-23)19-31/h1-8,13,23-25H,9-12,14-20H2,(H2,32,36)(H,33,35). The quantitative estimate of drug-likeness (QED) is 0.504. The molecule has 0 unspecified atom stereocenters. The van der Waals surface area contributed by atoms with Crippen molar-refractivity contribution in [1.29, 1.82) is 0 Å². The van der Waals surface area contributed by atoms with E-state index in [1.807, 2.05) is 24.3 Å². The number of primary amides is 1. The van der Waals surface area contributed by atoms with Gasteiger partial charge in [-0.15, -0.1) is 0 Å². The lowest BCUT2D eigenvalue weighted by molar-refractivity contribution is -0.0698. The highest BCUT2D eigenvalue weighted by molar-refractivity contribution is 6.05. The number of carbonyl (C=O) groups excluding carboxylic acids is 2. The summed E-state index contributed by atoms with van der Waals surface area (Å²) in [7, 11) is 0. The second-order valence-corrected chi connectivity index (χ2v) is 12.0. The first-order valence-corrected chi connectivity index (χ1v) is 13.8. The van der Waals surface area contributed by atoms with Crippen LogP contribution >= 0.6 is 0 Å². The van der Waals surface area contributed by atoms with Crippen molar-refractivity contribution >= 4 is 23.8 Å². The zero-order valence-corrected chi connectivity index (χ0v) is 21.5. The van der Waals surface area contributed by atoms with Crippen LogP contribution in [0.15, 0.2) is 54.1 Å². The Bertz CT molecular complexity index is 1160. The molecule has 37 heavy (non-hydrogen) atoms. The van der Waals surface area contributed by atoms with Crippen molar-refractivity contribution in [3.05, 3.63) is 65.2 Å². The first-order valence-electron chi connectivity index (χ1n) is 13.8. The van der Waals surface area contributed by atoms with Crippen molar-refractivity contribution in [2.45, 2.75) is 51.4 Å². The Hall–Kier alpha value is -3.12. The van der Waals surface area contributed by atoms with E-state index in [1.165, 1.54) is 63.7 Å². The van der Waals surface area contributed by atoms with Gasteiger partial charge in [0.25, 0.3) is 5.91 Å². The van der Waals surface area contributed by atoms with Gasteiger partial charge in [0.1, 0.15) is 0 Å². The molecule has 4 aliphatic carbocycles. The molecule has 7 rings (SSSR count). The van der Waals surface area contributed by atoms with Gasteiger partial charge in [0.2, 0.25) is 0 Å². The fourth-order valence-electron chi connectivity index (χ4n) is 8.03. The molecule has 5 aliphatic rings. The van der Waals surface area contributed by atoms with Gasteiger partial charge in [-0.2, -0.15) is 0 Å². The number of amides is 2. The Labute approximate surface area is 219 Å². The minimum atomic E-state index is -0.919. The third-order valence-corrected chi connectivity index (χ3v) is 9.11. The molecule has 4 bridgehead atoms. The van der Waals surface area contributed by atoms with E-state index >= 15 is 0 Å². The number of likely N-dealkylation sites (tertiary alicyclic amines) is 1. The van der Waals surface area contributed by atoms with Crippen LogP contribution in [0.5, 0.6) is 5.75 Å². The second-order valence-electron chi connectivity index (χ2n) is 12.0. The van der Waals surface area contributed by atoms with Crippen LogP contribution in [0.2, 0.25) is 0 Å². The molecule has 1 saturated heterocycles. The average Bonchev–Trinajstić information content (AvgIpc) is 2.85. The summed E-state index contributed by atoms with van der Waals surface area (Å²) < 4.78 is 4.97. The lowest BCUT2D eigenvalue weighted by Gasteiger charge is -2.58. The van der Waals surface area contributed by atoms with E-state index in [1.54, 1.807) is 24.3 Å². The highest BCUT2D eigenvalue weighted by atomic mass is 16.5. The van der Waals surface area contributed by atoms with E-state index in [9.17, 15) is 9.59 Å². The molecule has 3 N–H and O–H groups in total. The molecule has 2 aromatic rings. The molecular weight excluding hydrogens is 462 g/mol. The molecule has 2 amide bonds. The van der Waals surface area contributed by atoms with Gasteiger partial charge >= 0.3 is 6.09 Å². The smallest absolute Gasteiger partial charge is 0.408 e. The maximum Gasteiger partial charge on any atom is 0.410 e. The lowest BCUT2D eigenvalue weighted by atomic mass is 9.49. The van der Waals surface area contributed by atoms with E-state index in [-0.39, 0.29) is 11.7 Å². The summed E-state index contributed by atoms with van der Waals surface area (Å²) in [6.45, 7) is 3.66. The zero-order chi connectivity index (χ0) is 25.4. The van der Waals surface area contributed by atoms with Gasteiger partial charge in [-0.3, -0.25) is 4.79 Å². The van der Waals surface area contributed by atoms with Crippen LogP contribution in [0, 0.1) is 23.2 Å². The number of rotatable bonds is 6. The molecule has 5 fully saturated rings. The fraction of sp³-hybridized carbons (Fsp3) is 0.484. The predicted molar refractivity (Wildman–Crippen MR) is 145 cm³/mol. The van der Waals surface area contributed by atoms with Crippen LogP contribution < -0.4 is 15.8 Å². The Kier molecular flexibility index (Phi) is 6.53. The van der Waals surface area contributed by atoms with Crippen LogP contribution in [-0.4, -0.2) is 36.5 Å². The summed E-state index contributed by atoms with van der Waals surface area (Å²) in [4.78, 5) is 26.6. The van der Waals surface area contributed by atoms with Gasteiger partial charge in [-0.05, 0) is 104 Å². The Morgan fingerprint density at radius 1 is 0.946 bits per heavy atom. The Morgan fingerprint density at radius 3 is 2.19 bits per heavy atom. The fourth-order valence-corrected chi connectivity index (χ4v) is 8.03. The van der Waals surface area contributed by atoms with E-state index in [0.717, 1.165) is 36.2 Å². The van der Waals surface area contributed by atoms with Crippen LogP contribution in [0.3, 0.4) is 0 Å². The third-order valence-electron chi connectivity index (χ3n) is 9.11. The van der Waals surface area contributed by atoms with E-state index in [0.29, 0.717) is 16.7 Å². The number of nitrogens with zero attached hydrogens (tertiary/aromatic N) is 1. The van der Waals surface area contributed by atoms with Crippen molar-refractivity contribution < 1.29 is 14.3 Å². The van der Waals surface area contributed by atoms with Crippen LogP contribution in [0.1, 0.15) is 67.3 Å². The Balaban J connectivity index is 1.03. The number of ether oxygens (including phenoxy) is 1. The van der Waals surface area contributed by atoms with E-state index in [4.69, 9.17) is 10.5 Å². The minimum Gasteiger partial charge on any atom is -0.408 e. The molecule has 0 aromatic heterocycles. The minimum absolute atomic E-state index is 0.222. The maximum atomic E-state index is 12.7. The normalized spacial score (nSPS) is 28.6. The van der Waals surface area contributed by atoms with Gasteiger partial charge < -0.3 is 20.7 Å². The van der Waals surface area contributed by atoms with Crippen LogP contribution in [0.25, 0.3) is 6.08 Å². The molecule has 0 spiro atoms. The predicted octanol–water partition coefficient (Wildman–Crippen LogP) is 6.09. The topological polar surface area (TPSA) is 84.7 Å². The largest absolute Gasteiger partial charge is 0.410 e. The third kappa shape index (κ3) is 5.45. The number of hydrogen-bond donors (Lipinski definition) is 2. The number of hydrogen-bond acceptors (Lipinski definition) is 4. The summed E-state index contributed by atoms with van der Waals surface area (Å²) in [5, 5.41) is 2.80. The molecular formula is C31H37N3O3. The maximum absolute atomic E-state index is 12.7. The molecule has 6 heteroatoms. The van der Waals surface area contributed by atoms with Gasteiger partial charge in [0, 0.05) is 25.2 Å². The van der Waals surface area contributed by atoms with Crippen molar-refractivity contribution in [3.8, 4) is 5.75 Å². The summed E-state index contributed by atoms with van der Waals surface area (Å²) in [6, 6.07) is 14.4. The number of benzene rings is 2. The van der Waals surface area contributed by atoms with Crippen molar-refractivity contribution in [1.82, 2.24) is 4.90 Å². The number of piperidine rings is 1. The average molecular weight is 500 g/mol. The highest BCUT2D eigenvalue weighted by Gasteiger charge is 2.51. The molecule has 6 nitrogen and oxygen atoms in total. The van der Waals surface area contributed by atoms with Crippen molar-refractivity contribution in [2.24, 2.45) is 28.9 Å². The first kappa shape index (κ1) is 24.2. The van der Waals surface area contributed by atoms with Gasteiger partial charge in [0.05, 0.1) is 5.69 Å². The number of nitrogens with two attached hydrogens (primary N) is 1. The van der Waals surface area contributed by atoms with Gasteiger partial charge in [-0.1, -0.05) is 35.9 Å². The van der Waals surface area contributed by atoms with Crippen LogP contribution in [0.4, 0.5) is 10.5 Å². The summed E-state index contributed by atoms with van der Waals surface area (Å²) >= 11 is 0. The van der Waals surface area contributed by atoms with E-state index in [2.05, 4.69) is 16.3 Å². The molecule has 194 valence electrons. The summed E-state index contributed by atoms with van der Waals surface area (Å²) in [5.74, 6) is 3.02. The summed E-state index contributed by atoms with van der Waals surface area (Å²) in [5.41, 5.74) is 9.31. The number of anilines is 1. The van der Waals surface area contributed by atoms with E-state index < -0.39 is 6.09 Å². The van der Waals surface area contributed by atoms with Crippen molar-refractivity contribution in [2.75, 3.05) is 25.0 Å². The SMILES string of the molecule is NC(=O)Oc1ccccc1NC(=O)c1ccc(C=C2CCN(CC34CC5CC(CC(C5)C3)C4)CC2)cc1. The zero-order valence-electron chi connectivity index (χ0n) is 21.5. The Morgan fingerprint density at radius 2 is 1.57 bits per heavy atom.